The fraction of sp³-hybridized carbons (Fsp3) is 0.471. The molecule has 2 aromatic rings. The number of aromatic nitrogens is 2. The number of unbranched alkanes of at least 4 members (excludes halogenated alkanes) is 2. The molecule has 6 nitrogen and oxygen atoms in total. The molecule has 0 atom stereocenters. The predicted octanol–water partition coefficient (Wildman–Crippen LogP) is 2.98. The number of nitrogens with one attached hydrogen (secondary N) is 1. The molecule has 1 heterocycles. The molecule has 1 N–H and O–H groups in total. The summed E-state index contributed by atoms with van der Waals surface area (Å²) < 4.78 is 10.4. The van der Waals surface area contributed by atoms with Crippen molar-refractivity contribution in [3.8, 4) is 17.1 Å². The molecule has 0 bridgehead atoms. The van der Waals surface area contributed by atoms with Gasteiger partial charge in [-0.1, -0.05) is 37.1 Å². The van der Waals surface area contributed by atoms with E-state index in [1.165, 1.54) is 0 Å². The van der Waals surface area contributed by atoms with Crippen LogP contribution in [0, 0.1) is 0 Å². The molecule has 1 aromatic carbocycles. The number of carbonyl (C=O) groups is 1. The zero-order valence-corrected chi connectivity index (χ0v) is 13.7. The van der Waals surface area contributed by atoms with Gasteiger partial charge in [0.1, 0.15) is 5.75 Å². The van der Waals surface area contributed by atoms with E-state index >= 15 is 0 Å². The average Bonchev–Trinajstić information content (AvgIpc) is 3.06. The van der Waals surface area contributed by atoms with Gasteiger partial charge in [0.2, 0.25) is 17.6 Å². The minimum absolute atomic E-state index is 0.0160. The Bertz CT molecular complexity index is 625. The molecule has 0 fully saturated rings. The molecule has 1 amide bonds. The Morgan fingerprint density at radius 1 is 1.35 bits per heavy atom. The number of carbonyl (C=O) groups excluding carboxylic acids is 1. The number of hydrogen-bond acceptors (Lipinski definition) is 5. The maximum atomic E-state index is 11.7. The van der Waals surface area contributed by atoms with E-state index < -0.39 is 0 Å². The molecule has 1 aromatic heterocycles. The maximum absolute atomic E-state index is 11.7. The minimum Gasteiger partial charge on any atom is -0.497 e. The summed E-state index contributed by atoms with van der Waals surface area (Å²) >= 11 is 0. The number of benzene rings is 1. The molecule has 0 aliphatic carbocycles. The molecule has 0 unspecified atom stereocenters. The second-order valence-electron chi connectivity index (χ2n) is 5.30. The van der Waals surface area contributed by atoms with Crippen LogP contribution < -0.4 is 10.1 Å². The topological polar surface area (TPSA) is 77.2 Å². The standard InChI is InChI=1S/C17H23N3O3/c1-3-4-5-11-18-15(21)9-10-16-19-17(20-23-16)13-7-6-8-14(12-13)22-2/h6-8,12H,3-5,9-11H2,1-2H3,(H,18,21). The summed E-state index contributed by atoms with van der Waals surface area (Å²) in [5.41, 5.74) is 0.823. The predicted molar refractivity (Wildman–Crippen MR) is 87.1 cm³/mol. The Morgan fingerprint density at radius 2 is 2.22 bits per heavy atom. The zero-order chi connectivity index (χ0) is 16.5. The molecule has 0 spiro atoms. The van der Waals surface area contributed by atoms with Crippen LogP contribution in [0.3, 0.4) is 0 Å². The van der Waals surface area contributed by atoms with E-state index in [9.17, 15) is 4.79 Å². The first-order valence-corrected chi connectivity index (χ1v) is 7.96. The summed E-state index contributed by atoms with van der Waals surface area (Å²) in [5, 5.41) is 6.85. The van der Waals surface area contributed by atoms with Gasteiger partial charge in [-0.3, -0.25) is 4.79 Å². The van der Waals surface area contributed by atoms with Crippen molar-refractivity contribution in [2.24, 2.45) is 0 Å². The van der Waals surface area contributed by atoms with E-state index in [0.717, 1.165) is 37.1 Å². The first kappa shape index (κ1) is 17.0. The van der Waals surface area contributed by atoms with Gasteiger partial charge in [-0.15, -0.1) is 0 Å². The molecular weight excluding hydrogens is 294 g/mol. The summed E-state index contributed by atoms with van der Waals surface area (Å²) in [5.74, 6) is 1.72. The number of hydrogen-bond donors (Lipinski definition) is 1. The summed E-state index contributed by atoms with van der Waals surface area (Å²) in [6.45, 7) is 2.86. The molecule has 0 saturated heterocycles. The van der Waals surface area contributed by atoms with Gasteiger partial charge in [-0.25, -0.2) is 0 Å². The van der Waals surface area contributed by atoms with E-state index in [1.807, 2.05) is 24.3 Å². The molecule has 0 aliphatic heterocycles. The summed E-state index contributed by atoms with van der Waals surface area (Å²) in [6, 6.07) is 7.45. The van der Waals surface area contributed by atoms with Crippen molar-refractivity contribution in [1.82, 2.24) is 15.5 Å². The summed E-state index contributed by atoms with van der Waals surface area (Å²) in [7, 11) is 1.61. The lowest BCUT2D eigenvalue weighted by atomic mass is 10.2. The summed E-state index contributed by atoms with van der Waals surface area (Å²) in [6.07, 6.45) is 4.09. The second-order valence-corrected chi connectivity index (χ2v) is 5.30. The van der Waals surface area contributed by atoms with Crippen LogP contribution in [0.1, 0.15) is 38.5 Å². The van der Waals surface area contributed by atoms with Crippen LogP contribution in [0.15, 0.2) is 28.8 Å². The highest BCUT2D eigenvalue weighted by atomic mass is 16.5. The van der Waals surface area contributed by atoms with Crippen LogP contribution in [-0.4, -0.2) is 29.7 Å². The van der Waals surface area contributed by atoms with Crippen LogP contribution in [0.2, 0.25) is 0 Å². The summed E-state index contributed by atoms with van der Waals surface area (Å²) in [4.78, 5) is 16.0. The van der Waals surface area contributed by atoms with E-state index in [-0.39, 0.29) is 5.91 Å². The fourth-order valence-corrected chi connectivity index (χ4v) is 2.15. The third-order valence-corrected chi connectivity index (χ3v) is 3.46. The van der Waals surface area contributed by atoms with Gasteiger partial charge in [0.05, 0.1) is 7.11 Å². The molecule has 0 saturated carbocycles. The Morgan fingerprint density at radius 3 is 3.00 bits per heavy atom. The fourth-order valence-electron chi connectivity index (χ4n) is 2.15. The van der Waals surface area contributed by atoms with E-state index in [1.54, 1.807) is 7.11 Å². The number of nitrogens with zero attached hydrogens (tertiary/aromatic N) is 2. The van der Waals surface area contributed by atoms with Crippen molar-refractivity contribution in [1.29, 1.82) is 0 Å². The third-order valence-electron chi connectivity index (χ3n) is 3.46. The highest BCUT2D eigenvalue weighted by molar-refractivity contribution is 5.75. The first-order valence-electron chi connectivity index (χ1n) is 7.96. The number of rotatable bonds is 9. The van der Waals surface area contributed by atoms with Gasteiger partial charge in [0.25, 0.3) is 0 Å². The Kier molecular flexibility index (Phi) is 6.59. The zero-order valence-electron chi connectivity index (χ0n) is 13.7. The van der Waals surface area contributed by atoms with Gasteiger partial charge >= 0.3 is 0 Å². The monoisotopic (exact) mass is 317 g/mol. The molecule has 0 aliphatic rings. The lowest BCUT2D eigenvalue weighted by Gasteiger charge is -2.02. The molecule has 124 valence electrons. The van der Waals surface area contributed by atoms with Gasteiger partial charge in [0, 0.05) is 24.9 Å². The molecule has 23 heavy (non-hydrogen) atoms. The largest absolute Gasteiger partial charge is 0.497 e. The van der Waals surface area contributed by atoms with E-state index in [4.69, 9.17) is 9.26 Å². The number of aryl methyl sites for hydroxylation is 1. The lowest BCUT2D eigenvalue weighted by molar-refractivity contribution is -0.121. The number of amides is 1. The SMILES string of the molecule is CCCCCNC(=O)CCc1nc(-c2cccc(OC)c2)no1. The molecule has 0 radical (unpaired) electrons. The van der Waals surface area contributed by atoms with Crippen molar-refractivity contribution >= 4 is 5.91 Å². The number of methoxy groups -OCH3 is 1. The quantitative estimate of drug-likeness (QED) is 0.719. The third kappa shape index (κ3) is 5.39. The second kappa shape index (κ2) is 8.92. The van der Waals surface area contributed by atoms with Gasteiger partial charge in [-0.05, 0) is 18.6 Å². The van der Waals surface area contributed by atoms with Crippen LogP contribution in [0.25, 0.3) is 11.4 Å². The Hall–Kier alpha value is -2.37. The lowest BCUT2D eigenvalue weighted by Crippen LogP contribution is -2.24. The van der Waals surface area contributed by atoms with Gasteiger partial charge in [0.15, 0.2) is 0 Å². The normalized spacial score (nSPS) is 10.5. The number of ether oxygens (including phenoxy) is 1. The smallest absolute Gasteiger partial charge is 0.227 e. The first-order chi connectivity index (χ1) is 11.2. The van der Waals surface area contributed by atoms with Crippen LogP contribution in [-0.2, 0) is 11.2 Å². The van der Waals surface area contributed by atoms with Crippen LogP contribution in [0.4, 0.5) is 0 Å². The van der Waals surface area contributed by atoms with Crippen molar-refractivity contribution < 1.29 is 14.1 Å². The van der Waals surface area contributed by atoms with Crippen molar-refractivity contribution in [2.75, 3.05) is 13.7 Å². The Labute approximate surface area is 136 Å². The van der Waals surface area contributed by atoms with Gasteiger partial charge in [-0.2, -0.15) is 4.98 Å². The molecule has 6 heteroatoms. The maximum Gasteiger partial charge on any atom is 0.227 e. The van der Waals surface area contributed by atoms with E-state index in [2.05, 4.69) is 22.4 Å². The van der Waals surface area contributed by atoms with Crippen LogP contribution >= 0.6 is 0 Å². The van der Waals surface area contributed by atoms with Crippen molar-refractivity contribution in [3.63, 3.8) is 0 Å². The highest BCUT2D eigenvalue weighted by Crippen LogP contribution is 2.21. The molecular formula is C17H23N3O3. The Balaban J connectivity index is 1.83. The van der Waals surface area contributed by atoms with E-state index in [0.29, 0.717) is 24.6 Å². The molecule has 2 rings (SSSR count). The van der Waals surface area contributed by atoms with Crippen molar-refractivity contribution in [3.05, 3.63) is 30.2 Å². The van der Waals surface area contributed by atoms with Crippen LogP contribution in [0.5, 0.6) is 5.75 Å². The minimum atomic E-state index is 0.0160. The van der Waals surface area contributed by atoms with Crippen molar-refractivity contribution in [2.45, 2.75) is 39.0 Å². The highest BCUT2D eigenvalue weighted by Gasteiger charge is 2.11. The van der Waals surface area contributed by atoms with Gasteiger partial charge < -0.3 is 14.6 Å². The average molecular weight is 317 g/mol.